The molecule has 0 aliphatic heterocycles. The molecule has 81 valence electrons. The zero-order chi connectivity index (χ0) is 9.80. The third kappa shape index (κ3) is 4.90. The van der Waals surface area contributed by atoms with Crippen molar-refractivity contribution in [3.63, 3.8) is 0 Å². The summed E-state index contributed by atoms with van der Waals surface area (Å²) in [6.45, 7) is 0. The van der Waals surface area contributed by atoms with Crippen LogP contribution in [0.4, 0.5) is 0 Å². The Bertz CT molecular complexity index is 412. The van der Waals surface area contributed by atoms with Crippen LogP contribution in [-0.4, -0.2) is 0 Å². The van der Waals surface area contributed by atoms with Crippen LogP contribution in [0.2, 0.25) is 0 Å². The summed E-state index contributed by atoms with van der Waals surface area (Å²) in [5, 5.41) is 0. The second-order valence-electron chi connectivity index (χ2n) is 3.21. The standard InChI is InChI=1S/C13H10Br.CH3.Y/c14-13-8-4-7-12(10-13)9-11-5-2-1-3-6-11;;/h2-8,10H,9H2;1H3;/q2*-1;. The Morgan fingerprint density at radius 2 is 1.69 bits per heavy atom. The van der Waals surface area contributed by atoms with Gasteiger partial charge in [-0.25, -0.2) is 0 Å². The second kappa shape index (κ2) is 8.16. The molecule has 2 rings (SSSR count). The van der Waals surface area contributed by atoms with Crippen molar-refractivity contribution in [2.45, 2.75) is 6.42 Å². The van der Waals surface area contributed by atoms with E-state index in [9.17, 15) is 0 Å². The number of rotatable bonds is 2. The van der Waals surface area contributed by atoms with Crippen molar-refractivity contribution in [2.75, 3.05) is 0 Å². The van der Waals surface area contributed by atoms with E-state index in [0.29, 0.717) is 0 Å². The maximum atomic E-state index is 3.47. The molecule has 0 bridgehead atoms. The van der Waals surface area contributed by atoms with E-state index in [4.69, 9.17) is 0 Å². The molecule has 0 unspecified atom stereocenters. The fraction of sp³-hybridized carbons (Fsp3) is 0.0714. The molecule has 16 heavy (non-hydrogen) atoms. The summed E-state index contributed by atoms with van der Waals surface area (Å²) < 4.78 is 1.14. The van der Waals surface area contributed by atoms with Crippen molar-refractivity contribution in [3.8, 4) is 0 Å². The summed E-state index contributed by atoms with van der Waals surface area (Å²) in [7, 11) is 0. The molecule has 2 aromatic carbocycles. The molecule has 0 aromatic heterocycles. The van der Waals surface area contributed by atoms with Gasteiger partial charge in [-0.2, -0.15) is 35.9 Å². The minimum atomic E-state index is 0. The Kier molecular flexibility index (Phi) is 8.18. The van der Waals surface area contributed by atoms with Crippen molar-refractivity contribution in [3.05, 3.63) is 77.6 Å². The van der Waals surface area contributed by atoms with Gasteiger partial charge in [-0.05, 0) is 24.1 Å². The van der Waals surface area contributed by atoms with E-state index in [2.05, 4.69) is 52.3 Å². The molecule has 2 heteroatoms. The van der Waals surface area contributed by atoms with Gasteiger partial charge in [-0.1, -0.05) is 28.1 Å². The van der Waals surface area contributed by atoms with Crippen LogP contribution in [0.15, 0.2) is 53.0 Å². The molecule has 2 aromatic rings. The van der Waals surface area contributed by atoms with Crippen LogP contribution >= 0.6 is 15.9 Å². The quantitative estimate of drug-likeness (QED) is 0.709. The molecule has 0 spiro atoms. The Morgan fingerprint density at radius 1 is 1.00 bits per heavy atom. The predicted octanol–water partition coefficient (Wildman–Crippen LogP) is 4.29. The van der Waals surface area contributed by atoms with Gasteiger partial charge in [0.1, 0.15) is 0 Å². The van der Waals surface area contributed by atoms with Crippen molar-refractivity contribution in [1.29, 1.82) is 0 Å². The van der Waals surface area contributed by atoms with Crippen LogP contribution in [0.1, 0.15) is 11.1 Å². The molecule has 0 saturated heterocycles. The zero-order valence-electron chi connectivity index (χ0n) is 9.28. The van der Waals surface area contributed by atoms with Crippen LogP contribution in [0.3, 0.4) is 0 Å². The van der Waals surface area contributed by atoms with Crippen LogP contribution in [0.25, 0.3) is 0 Å². The van der Waals surface area contributed by atoms with E-state index < -0.39 is 0 Å². The van der Waals surface area contributed by atoms with E-state index in [1.54, 1.807) is 0 Å². The normalized spacial score (nSPS) is 8.81. The van der Waals surface area contributed by atoms with Crippen molar-refractivity contribution < 1.29 is 32.7 Å². The van der Waals surface area contributed by atoms with Crippen LogP contribution < -0.4 is 0 Å². The predicted molar refractivity (Wildman–Crippen MR) is 68.6 cm³/mol. The Labute approximate surface area is 131 Å². The molecule has 0 heterocycles. The van der Waals surface area contributed by atoms with Gasteiger partial charge in [0, 0.05) is 37.2 Å². The molecule has 0 fully saturated rings. The summed E-state index contributed by atoms with van der Waals surface area (Å²) in [4.78, 5) is 0. The van der Waals surface area contributed by atoms with Crippen LogP contribution in [0.5, 0.6) is 0 Å². The maximum Gasteiger partial charge on any atom is 0.0178 e. The van der Waals surface area contributed by atoms with Crippen molar-refractivity contribution >= 4 is 15.9 Å². The van der Waals surface area contributed by atoms with E-state index in [1.165, 1.54) is 11.1 Å². The van der Waals surface area contributed by atoms with Crippen LogP contribution in [-0.2, 0) is 39.1 Å². The zero-order valence-corrected chi connectivity index (χ0v) is 13.7. The Hall–Kier alpha value is 0.0239. The first kappa shape index (κ1) is 16.0. The largest absolute Gasteiger partial charge is 0.358 e. The van der Waals surface area contributed by atoms with E-state index in [-0.39, 0.29) is 40.1 Å². The first-order chi connectivity index (χ1) is 6.84. The van der Waals surface area contributed by atoms with Gasteiger partial charge in [-0.15, -0.1) is 0 Å². The smallest absolute Gasteiger partial charge is 0.0178 e. The van der Waals surface area contributed by atoms with Crippen molar-refractivity contribution in [1.82, 2.24) is 0 Å². The molecule has 0 nitrogen and oxygen atoms in total. The van der Waals surface area contributed by atoms with Gasteiger partial charge in [0.15, 0.2) is 0 Å². The second-order valence-corrected chi connectivity index (χ2v) is 4.13. The van der Waals surface area contributed by atoms with Gasteiger partial charge < -0.3 is 7.43 Å². The maximum absolute atomic E-state index is 3.47. The Morgan fingerprint density at radius 3 is 2.31 bits per heavy atom. The minimum absolute atomic E-state index is 0. The first-order valence-electron chi connectivity index (χ1n) is 4.54. The van der Waals surface area contributed by atoms with Gasteiger partial charge in [0.05, 0.1) is 0 Å². The molecule has 0 amide bonds. The fourth-order valence-corrected chi connectivity index (χ4v) is 1.87. The summed E-state index contributed by atoms with van der Waals surface area (Å²) in [6.07, 6.45) is 0.980. The average molecular weight is 350 g/mol. The number of hydrogen-bond donors (Lipinski definition) is 0. The Balaban J connectivity index is 0.00000112. The third-order valence-electron chi connectivity index (χ3n) is 2.08. The SMILES string of the molecule is Brc1cccc(Cc2cc[c-]cc2)c1.[CH3-].[Y]. The van der Waals surface area contributed by atoms with Crippen LogP contribution in [0, 0.1) is 13.5 Å². The molecule has 0 aliphatic rings. The summed E-state index contributed by atoms with van der Waals surface area (Å²) >= 11 is 3.47. The van der Waals surface area contributed by atoms with Gasteiger partial charge in [0.25, 0.3) is 0 Å². The van der Waals surface area contributed by atoms with Gasteiger partial charge >= 0.3 is 0 Å². The van der Waals surface area contributed by atoms with Gasteiger partial charge in [-0.3, -0.25) is 0 Å². The number of halogens is 1. The summed E-state index contributed by atoms with van der Waals surface area (Å²) in [6, 6.07) is 19.5. The van der Waals surface area contributed by atoms with E-state index >= 15 is 0 Å². The number of hydrogen-bond acceptors (Lipinski definition) is 0. The summed E-state index contributed by atoms with van der Waals surface area (Å²) in [5.74, 6) is 0. The van der Waals surface area contributed by atoms with Gasteiger partial charge in [0.2, 0.25) is 0 Å². The molecule has 0 saturated carbocycles. The first-order valence-corrected chi connectivity index (χ1v) is 5.33. The molecule has 0 atom stereocenters. The van der Waals surface area contributed by atoms with E-state index in [0.717, 1.165) is 10.9 Å². The summed E-state index contributed by atoms with van der Waals surface area (Å²) in [5.41, 5.74) is 2.65. The molecule has 0 N–H and O–H groups in total. The minimum Gasteiger partial charge on any atom is -0.358 e. The molecule has 0 aliphatic carbocycles. The van der Waals surface area contributed by atoms with Crippen molar-refractivity contribution in [2.24, 2.45) is 0 Å². The van der Waals surface area contributed by atoms with E-state index in [1.807, 2.05) is 18.2 Å². The molecular formula is C14H13BrY-2. The topological polar surface area (TPSA) is 0 Å². The monoisotopic (exact) mass is 349 g/mol. The molecular weight excluding hydrogens is 337 g/mol. The molecule has 1 radical (unpaired) electrons. The fourth-order valence-electron chi connectivity index (χ4n) is 1.42. The average Bonchev–Trinajstić information content (AvgIpc) is 2.19. The number of benzene rings is 2. The third-order valence-corrected chi connectivity index (χ3v) is 2.58.